The molecule has 1 atom stereocenters. The van der Waals surface area contributed by atoms with Crippen LogP contribution in [0.25, 0.3) is 10.8 Å². The number of nitro groups is 1. The number of nitrogens with one attached hydrogen (secondary N) is 3. The minimum absolute atomic E-state index is 0.152. The van der Waals surface area contributed by atoms with E-state index < -0.39 is 28.7 Å². The fourth-order valence-electron chi connectivity index (χ4n) is 3.72. The highest BCUT2D eigenvalue weighted by Crippen LogP contribution is 2.22. The van der Waals surface area contributed by atoms with Gasteiger partial charge in [-0.15, -0.1) is 0 Å². The largest absolute Gasteiger partial charge is 0.345 e. The quantitative estimate of drug-likeness (QED) is 0.258. The lowest BCUT2D eigenvalue weighted by atomic mass is 10.0. The summed E-state index contributed by atoms with van der Waals surface area (Å²) in [4.78, 5) is 49.1. The molecule has 0 fully saturated rings. The van der Waals surface area contributed by atoms with Crippen molar-refractivity contribution in [3.05, 3.63) is 118 Å². The van der Waals surface area contributed by atoms with Gasteiger partial charge in [0.1, 0.15) is 6.04 Å². The molecule has 0 aliphatic carbocycles. The summed E-state index contributed by atoms with van der Waals surface area (Å²) in [5.74, 6) is -1.59. The van der Waals surface area contributed by atoms with E-state index in [0.717, 1.165) is 5.39 Å². The van der Waals surface area contributed by atoms with Crippen molar-refractivity contribution in [2.45, 2.75) is 6.04 Å². The Morgan fingerprint density at radius 3 is 2.19 bits per heavy atom. The third kappa shape index (κ3) is 5.71. The summed E-state index contributed by atoms with van der Waals surface area (Å²) < 4.78 is 0. The van der Waals surface area contributed by atoms with Gasteiger partial charge in [0, 0.05) is 23.4 Å². The Balaban J connectivity index is 1.55. The van der Waals surface area contributed by atoms with Crippen LogP contribution in [0.4, 0.5) is 11.4 Å². The summed E-state index contributed by atoms with van der Waals surface area (Å²) in [6.07, 6.45) is 0. The number of carbonyl (C=O) groups excluding carboxylic acids is 3. The molecule has 4 rings (SSSR count). The first-order chi connectivity index (χ1) is 17.4. The highest BCUT2D eigenvalue weighted by molar-refractivity contribution is 6.08. The van der Waals surface area contributed by atoms with Gasteiger partial charge in [-0.3, -0.25) is 24.5 Å². The Kier molecular flexibility index (Phi) is 7.30. The van der Waals surface area contributed by atoms with Crippen molar-refractivity contribution >= 4 is 39.9 Å². The molecule has 4 aromatic carbocycles. The molecule has 0 aliphatic heterocycles. The molecule has 0 aliphatic rings. The number of rotatable bonds is 8. The zero-order valence-corrected chi connectivity index (χ0v) is 19.0. The molecule has 0 radical (unpaired) electrons. The molecule has 3 N–H and O–H groups in total. The Labute approximate surface area is 206 Å². The fourth-order valence-corrected chi connectivity index (χ4v) is 3.72. The fraction of sp³-hybridized carbons (Fsp3) is 0.0741. The van der Waals surface area contributed by atoms with Crippen LogP contribution >= 0.6 is 0 Å². The molecule has 180 valence electrons. The van der Waals surface area contributed by atoms with Crippen LogP contribution in [0.2, 0.25) is 0 Å². The van der Waals surface area contributed by atoms with E-state index in [1.54, 1.807) is 42.5 Å². The van der Waals surface area contributed by atoms with Crippen molar-refractivity contribution in [1.82, 2.24) is 10.6 Å². The smallest absolute Gasteiger partial charge is 0.269 e. The number of anilines is 1. The van der Waals surface area contributed by atoms with Crippen LogP contribution < -0.4 is 16.0 Å². The van der Waals surface area contributed by atoms with Gasteiger partial charge in [0.2, 0.25) is 11.8 Å². The molecule has 3 amide bonds. The van der Waals surface area contributed by atoms with Crippen LogP contribution in [0.1, 0.15) is 22.0 Å². The van der Waals surface area contributed by atoms with Crippen LogP contribution in [-0.2, 0) is 9.59 Å². The van der Waals surface area contributed by atoms with Gasteiger partial charge in [-0.05, 0) is 46.7 Å². The van der Waals surface area contributed by atoms with E-state index >= 15 is 0 Å². The van der Waals surface area contributed by atoms with Crippen LogP contribution in [0.3, 0.4) is 0 Å². The van der Waals surface area contributed by atoms with E-state index in [0.29, 0.717) is 22.2 Å². The maximum Gasteiger partial charge on any atom is 0.269 e. The molecule has 9 nitrogen and oxygen atoms in total. The lowest BCUT2D eigenvalue weighted by molar-refractivity contribution is -0.384. The van der Waals surface area contributed by atoms with E-state index in [-0.39, 0.29) is 12.2 Å². The molecule has 0 bridgehead atoms. The summed E-state index contributed by atoms with van der Waals surface area (Å²) in [7, 11) is 0. The van der Waals surface area contributed by atoms with Crippen LogP contribution in [0.15, 0.2) is 97.1 Å². The molecule has 9 heteroatoms. The lowest BCUT2D eigenvalue weighted by Crippen LogP contribution is -2.43. The third-order valence-corrected chi connectivity index (χ3v) is 5.49. The van der Waals surface area contributed by atoms with Gasteiger partial charge < -0.3 is 16.0 Å². The molecule has 0 spiro atoms. The van der Waals surface area contributed by atoms with Gasteiger partial charge in [0.15, 0.2) is 0 Å². The van der Waals surface area contributed by atoms with Crippen molar-refractivity contribution in [3.8, 4) is 0 Å². The molecule has 0 saturated carbocycles. The first-order valence-corrected chi connectivity index (χ1v) is 11.1. The number of hydrogen-bond acceptors (Lipinski definition) is 5. The second kappa shape index (κ2) is 10.9. The van der Waals surface area contributed by atoms with Crippen molar-refractivity contribution in [2.75, 3.05) is 11.9 Å². The van der Waals surface area contributed by atoms with Crippen molar-refractivity contribution in [2.24, 2.45) is 0 Å². The predicted molar refractivity (Wildman–Crippen MR) is 135 cm³/mol. The number of amides is 3. The highest BCUT2D eigenvalue weighted by Gasteiger charge is 2.25. The molecular formula is C27H22N4O5. The predicted octanol–water partition coefficient (Wildman–Crippen LogP) is 3.97. The first kappa shape index (κ1) is 24.1. The molecule has 0 aromatic heterocycles. The number of hydrogen-bond donors (Lipinski definition) is 3. The molecule has 36 heavy (non-hydrogen) atoms. The van der Waals surface area contributed by atoms with E-state index in [1.807, 2.05) is 30.3 Å². The molecule has 0 unspecified atom stereocenters. The van der Waals surface area contributed by atoms with E-state index in [1.165, 1.54) is 24.3 Å². The van der Waals surface area contributed by atoms with E-state index in [2.05, 4.69) is 16.0 Å². The maximum atomic E-state index is 13.2. The average molecular weight is 482 g/mol. The normalized spacial score (nSPS) is 11.3. The second-order valence-electron chi connectivity index (χ2n) is 7.91. The maximum absolute atomic E-state index is 13.2. The SMILES string of the molecule is O=C(CNC(=O)[C@@H](NC(=O)c1cccc2ccccc12)c1ccc([N+](=O)[O-])cc1)Nc1ccccc1. The zero-order chi connectivity index (χ0) is 25.5. The summed E-state index contributed by atoms with van der Waals surface area (Å²) in [5, 5.41) is 20.5. The average Bonchev–Trinajstić information content (AvgIpc) is 2.90. The molecule has 4 aromatic rings. The summed E-state index contributed by atoms with van der Waals surface area (Å²) >= 11 is 0. The second-order valence-corrected chi connectivity index (χ2v) is 7.91. The summed E-state index contributed by atoms with van der Waals surface area (Å²) in [6, 6.07) is 25.5. The molecule has 0 saturated heterocycles. The monoisotopic (exact) mass is 482 g/mol. The Hall–Kier alpha value is -5.05. The number of non-ortho nitro benzene ring substituents is 1. The minimum Gasteiger partial charge on any atom is -0.345 e. The lowest BCUT2D eigenvalue weighted by Gasteiger charge is -2.19. The zero-order valence-electron chi connectivity index (χ0n) is 19.0. The number of carbonyl (C=O) groups is 3. The topological polar surface area (TPSA) is 130 Å². The van der Waals surface area contributed by atoms with Gasteiger partial charge in [-0.25, -0.2) is 0 Å². The summed E-state index contributed by atoms with van der Waals surface area (Å²) in [5.41, 5.74) is 1.12. The Bertz CT molecular complexity index is 1420. The molecule has 0 heterocycles. The van der Waals surface area contributed by atoms with Crippen molar-refractivity contribution in [3.63, 3.8) is 0 Å². The van der Waals surface area contributed by atoms with E-state index in [9.17, 15) is 24.5 Å². The molecular weight excluding hydrogens is 460 g/mol. The van der Waals surface area contributed by atoms with E-state index in [4.69, 9.17) is 0 Å². The van der Waals surface area contributed by atoms with Crippen molar-refractivity contribution < 1.29 is 19.3 Å². The number of para-hydroxylation sites is 1. The Morgan fingerprint density at radius 1 is 0.806 bits per heavy atom. The Morgan fingerprint density at radius 2 is 1.47 bits per heavy atom. The van der Waals surface area contributed by atoms with Crippen LogP contribution in [-0.4, -0.2) is 29.2 Å². The number of nitro benzene ring substituents is 1. The summed E-state index contributed by atoms with van der Waals surface area (Å²) in [6.45, 7) is -0.332. The minimum atomic E-state index is -1.19. The van der Waals surface area contributed by atoms with Crippen LogP contribution in [0.5, 0.6) is 0 Å². The standard InChI is InChI=1S/C27H22N4O5/c32-24(29-20-9-2-1-3-10-20)17-28-27(34)25(19-13-15-21(16-14-19)31(35)36)30-26(33)23-12-6-8-18-7-4-5-11-22(18)23/h1-16,25H,17H2,(H,28,34)(H,29,32)(H,30,33)/t25-/m0/s1. The van der Waals surface area contributed by atoms with Gasteiger partial charge in [0.25, 0.3) is 11.6 Å². The number of fused-ring (bicyclic) bond motifs is 1. The van der Waals surface area contributed by atoms with Gasteiger partial charge in [0.05, 0.1) is 11.5 Å². The highest BCUT2D eigenvalue weighted by atomic mass is 16.6. The number of benzene rings is 4. The van der Waals surface area contributed by atoms with Gasteiger partial charge in [-0.1, -0.05) is 54.6 Å². The van der Waals surface area contributed by atoms with Gasteiger partial charge >= 0.3 is 0 Å². The first-order valence-electron chi connectivity index (χ1n) is 11.1. The third-order valence-electron chi connectivity index (χ3n) is 5.49. The van der Waals surface area contributed by atoms with Crippen molar-refractivity contribution in [1.29, 1.82) is 0 Å². The number of nitrogens with zero attached hydrogens (tertiary/aromatic N) is 1. The van der Waals surface area contributed by atoms with Crippen LogP contribution in [0, 0.1) is 10.1 Å². The van der Waals surface area contributed by atoms with Gasteiger partial charge in [-0.2, -0.15) is 0 Å².